The Morgan fingerprint density at radius 1 is 1.24 bits per heavy atom. The Kier molecular flexibility index (Phi) is 8.59. The molecule has 3 rings (SSSR count). The third kappa shape index (κ3) is 6.33. The Hall–Kier alpha value is -4.37. The number of benzodiazepines with no additional fused rings is 1. The van der Waals surface area contributed by atoms with E-state index in [2.05, 4.69) is 27.0 Å². The van der Waals surface area contributed by atoms with Crippen molar-refractivity contribution in [3.63, 3.8) is 0 Å². The summed E-state index contributed by atoms with van der Waals surface area (Å²) < 4.78 is 10.3. The number of carbonyl (C=O) groups is 1. The first-order chi connectivity index (χ1) is 16.5. The van der Waals surface area contributed by atoms with E-state index in [-0.39, 0.29) is 11.6 Å². The fourth-order valence-electron chi connectivity index (χ4n) is 3.11. The van der Waals surface area contributed by atoms with Gasteiger partial charge in [-0.25, -0.2) is 4.99 Å². The lowest BCUT2D eigenvalue weighted by atomic mass is 10.0. The number of nitrogens with one attached hydrogen (secondary N) is 2. The van der Waals surface area contributed by atoms with Crippen molar-refractivity contribution in [2.75, 3.05) is 19.0 Å². The molecular formula is C25H26N6O3. The van der Waals surface area contributed by atoms with Gasteiger partial charge >= 0.3 is 0 Å². The number of methoxy groups -OCH3 is 1. The minimum atomic E-state index is -1.21. The topological polar surface area (TPSA) is 135 Å². The van der Waals surface area contributed by atoms with Gasteiger partial charge in [-0.05, 0) is 25.3 Å². The van der Waals surface area contributed by atoms with Crippen molar-refractivity contribution in [3.8, 4) is 0 Å². The summed E-state index contributed by atoms with van der Waals surface area (Å²) in [5, 5.41) is 10.9. The number of aliphatic imine (C=N–C) groups is 3. The molecule has 0 aromatic heterocycles. The van der Waals surface area contributed by atoms with E-state index in [4.69, 9.17) is 20.6 Å². The molecule has 4 N–H and O–H groups in total. The lowest BCUT2D eigenvalue weighted by Gasteiger charge is -2.10. The highest BCUT2D eigenvalue weighted by molar-refractivity contribution is 6.19. The average molecular weight is 459 g/mol. The van der Waals surface area contributed by atoms with Gasteiger partial charge in [-0.15, -0.1) is 0 Å². The van der Waals surface area contributed by atoms with Crippen molar-refractivity contribution in [2.24, 2.45) is 20.7 Å². The predicted octanol–water partition coefficient (Wildman–Crippen LogP) is 3.29. The summed E-state index contributed by atoms with van der Waals surface area (Å²) in [5.41, 5.74) is 8.83. The number of rotatable bonds is 8. The van der Waals surface area contributed by atoms with Gasteiger partial charge in [0, 0.05) is 24.8 Å². The van der Waals surface area contributed by atoms with Crippen LogP contribution in [0.2, 0.25) is 0 Å². The van der Waals surface area contributed by atoms with E-state index in [0.717, 1.165) is 11.1 Å². The molecule has 9 nitrogen and oxygen atoms in total. The van der Waals surface area contributed by atoms with E-state index in [1.165, 1.54) is 0 Å². The zero-order valence-electron chi connectivity index (χ0n) is 18.8. The van der Waals surface area contributed by atoms with Crippen molar-refractivity contribution in [1.29, 1.82) is 5.41 Å². The summed E-state index contributed by atoms with van der Waals surface area (Å²) in [4.78, 5) is 25.3. The van der Waals surface area contributed by atoms with Gasteiger partial charge in [0.2, 0.25) is 12.1 Å². The van der Waals surface area contributed by atoms with Crippen LogP contribution in [0.3, 0.4) is 0 Å². The normalized spacial score (nSPS) is 16.3. The number of hydrogen-bond donors (Lipinski definition) is 3. The molecule has 0 spiro atoms. The number of ether oxygens (including phenoxy) is 2. The Labute approximate surface area is 197 Å². The molecule has 2 aromatic carbocycles. The maximum Gasteiger partial charge on any atom is 0.291 e. The van der Waals surface area contributed by atoms with Gasteiger partial charge in [-0.2, -0.15) is 4.99 Å². The number of allylic oxidation sites excluding steroid dienone is 2. The molecule has 9 heteroatoms. The molecule has 2 aromatic rings. The number of hydrogen-bond acceptors (Lipinski definition) is 7. The van der Waals surface area contributed by atoms with Crippen molar-refractivity contribution in [1.82, 2.24) is 0 Å². The molecule has 1 unspecified atom stereocenters. The van der Waals surface area contributed by atoms with E-state index in [9.17, 15) is 4.79 Å². The number of benzene rings is 2. The zero-order chi connectivity index (χ0) is 24.3. The Balaban J connectivity index is 1.85. The van der Waals surface area contributed by atoms with Crippen LogP contribution in [0.25, 0.3) is 0 Å². The first-order valence-electron chi connectivity index (χ1n) is 10.5. The van der Waals surface area contributed by atoms with Crippen molar-refractivity contribution in [2.45, 2.75) is 12.6 Å². The molecule has 0 fully saturated rings. The molecule has 1 atom stereocenters. The summed E-state index contributed by atoms with van der Waals surface area (Å²) in [5.74, 6) is -0.840. The number of fused-ring (bicyclic) bond motifs is 1. The monoisotopic (exact) mass is 458 g/mol. The molecule has 174 valence electrons. The highest BCUT2D eigenvalue weighted by Crippen LogP contribution is 2.24. The number of nitrogens with two attached hydrogens (primary N) is 1. The largest absolute Gasteiger partial charge is 0.405 e. The maximum absolute atomic E-state index is 12.8. The van der Waals surface area contributed by atoms with Crippen molar-refractivity contribution in [3.05, 3.63) is 89.6 Å². The number of nitrogens with zero attached hydrogens (tertiary/aromatic N) is 3. The molecule has 0 saturated heterocycles. The van der Waals surface area contributed by atoms with Crippen LogP contribution in [0, 0.1) is 5.41 Å². The van der Waals surface area contributed by atoms with Gasteiger partial charge in [0.15, 0.2) is 0 Å². The predicted molar refractivity (Wildman–Crippen MR) is 135 cm³/mol. The van der Waals surface area contributed by atoms with Crippen LogP contribution >= 0.6 is 0 Å². The Bertz CT molecular complexity index is 1170. The third-order valence-corrected chi connectivity index (χ3v) is 4.71. The minimum Gasteiger partial charge on any atom is -0.405 e. The van der Waals surface area contributed by atoms with Gasteiger partial charge in [0.1, 0.15) is 5.70 Å². The van der Waals surface area contributed by atoms with Crippen LogP contribution in [-0.4, -0.2) is 50.1 Å². The summed E-state index contributed by atoms with van der Waals surface area (Å²) in [7, 11) is 1.62. The van der Waals surface area contributed by atoms with Crippen LogP contribution in [-0.2, 0) is 14.3 Å². The fourth-order valence-corrected chi connectivity index (χ4v) is 3.11. The van der Waals surface area contributed by atoms with Crippen LogP contribution in [0.1, 0.15) is 17.5 Å². The summed E-state index contributed by atoms with van der Waals surface area (Å²) in [6, 6.07) is 16.4. The molecule has 0 aliphatic carbocycles. The van der Waals surface area contributed by atoms with Gasteiger partial charge < -0.3 is 20.5 Å². The standard InChI is InChI=1S/C25H26N6O3/c1-28-20(15-7-4-10-16-33-2)22(26)34-25(27)31-23-24(32)29-19-14-9-8-13-18(19)21(30-23)17-11-5-3-6-12-17/h3-9,11-15,23,26H,1,10,16H2,2H3,(H2,27,31)(H,29,32)/b7-4-,20-15-,26-22?. The lowest BCUT2D eigenvalue weighted by Crippen LogP contribution is -2.29. The van der Waals surface area contributed by atoms with Crippen molar-refractivity contribution < 1.29 is 14.3 Å². The number of amidine groups is 1. The van der Waals surface area contributed by atoms with E-state index < -0.39 is 18.1 Å². The lowest BCUT2D eigenvalue weighted by molar-refractivity contribution is -0.117. The summed E-state index contributed by atoms with van der Waals surface area (Å²) in [6.07, 6.45) is 4.61. The molecule has 1 amide bonds. The highest BCUT2D eigenvalue weighted by Gasteiger charge is 2.26. The van der Waals surface area contributed by atoms with Gasteiger partial charge in [0.05, 0.1) is 11.4 Å². The first-order valence-corrected chi connectivity index (χ1v) is 10.5. The first kappa shape index (κ1) is 24.3. The second kappa shape index (κ2) is 12.0. The number of anilines is 1. The van der Waals surface area contributed by atoms with Crippen LogP contribution in [0.15, 0.2) is 93.5 Å². The highest BCUT2D eigenvalue weighted by atomic mass is 16.5. The number of carbonyl (C=O) groups excluding carboxylic acids is 1. The fraction of sp³-hybridized carbons (Fsp3) is 0.160. The van der Waals surface area contributed by atoms with Crippen LogP contribution in [0.4, 0.5) is 5.69 Å². The molecule has 1 heterocycles. The van der Waals surface area contributed by atoms with Gasteiger partial charge in [-0.3, -0.25) is 15.2 Å². The van der Waals surface area contributed by atoms with E-state index in [1.54, 1.807) is 25.3 Å². The molecular weight excluding hydrogens is 432 g/mol. The second-order valence-electron chi connectivity index (χ2n) is 7.07. The molecule has 34 heavy (non-hydrogen) atoms. The SMILES string of the molecule is C=N/C(=C\C=C/CCOC)C(=N)O/C(N)=N/C1N=C(c2ccccc2)c2ccccc2NC1=O. The quantitative estimate of drug-likeness (QED) is 0.242. The summed E-state index contributed by atoms with van der Waals surface area (Å²) >= 11 is 0. The number of para-hydroxylation sites is 1. The van der Waals surface area contributed by atoms with Crippen LogP contribution in [0.5, 0.6) is 0 Å². The average Bonchev–Trinajstić information content (AvgIpc) is 2.98. The third-order valence-electron chi connectivity index (χ3n) is 4.71. The molecule has 1 aliphatic rings. The van der Waals surface area contributed by atoms with E-state index in [0.29, 0.717) is 24.4 Å². The summed E-state index contributed by atoms with van der Waals surface area (Å²) in [6.45, 7) is 4.02. The van der Waals surface area contributed by atoms with E-state index >= 15 is 0 Å². The molecule has 0 radical (unpaired) electrons. The van der Waals surface area contributed by atoms with Gasteiger partial charge in [0.25, 0.3) is 11.9 Å². The second-order valence-corrected chi connectivity index (χ2v) is 7.07. The van der Waals surface area contributed by atoms with Crippen molar-refractivity contribution >= 4 is 35.9 Å². The molecule has 0 bridgehead atoms. The Morgan fingerprint density at radius 3 is 2.71 bits per heavy atom. The Morgan fingerprint density at radius 2 is 1.97 bits per heavy atom. The minimum absolute atomic E-state index is 0.151. The maximum atomic E-state index is 12.8. The zero-order valence-corrected chi connectivity index (χ0v) is 18.8. The van der Waals surface area contributed by atoms with Crippen LogP contribution < -0.4 is 11.1 Å². The molecule has 1 aliphatic heterocycles. The number of amides is 1. The van der Waals surface area contributed by atoms with Gasteiger partial charge in [-0.1, -0.05) is 60.7 Å². The molecule has 0 saturated carbocycles. The van der Waals surface area contributed by atoms with E-state index in [1.807, 2.05) is 54.6 Å². The smallest absolute Gasteiger partial charge is 0.291 e.